The second kappa shape index (κ2) is 5.11. The van der Waals surface area contributed by atoms with Crippen molar-refractivity contribution in [2.45, 2.75) is 71.0 Å². The molecule has 0 spiro atoms. The van der Waals surface area contributed by atoms with Crippen LogP contribution < -0.4 is 11.0 Å². The lowest BCUT2D eigenvalue weighted by atomic mass is 10.1. The SMILES string of the molecule is CCCn1c2nc(C3CCCC3)nc-2c2n(c1=O)C[C@@H](C)N2. The molecule has 4 rings (SSSR count). The second-order valence-corrected chi connectivity index (χ2v) is 6.67. The summed E-state index contributed by atoms with van der Waals surface area (Å²) < 4.78 is 3.64. The van der Waals surface area contributed by atoms with Crippen LogP contribution in [0.3, 0.4) is 0 Å². The zero-order chi connectivity index (χ0) is 15.3. The number of rotatable bonds is 3. The van der Waals surface area contributed by atoms with Gasteiger partial charge in [0.15, 0.2) is 5.82 Å². The van der Waals surface area contributed by atoms with Gasteiger partial charge in [-0.3, -0.25) is 9.13 Å². The molecule has 0 aromatic heterocycles. The van der Waals surface area contributed by atoms with Gasteiger partial charge in [0.05, 0.1) is 0 Å². The third-order valence-corrected chi connectivity index (χ3v) is 4.88. The van der Waals surface area contributed by atoms with Crippen molar-refractivity contribution in [3.63, 3.8) is 0 Å². The number of anilines is 1. The molecule has 6 heteroatoms. The molecule has 0 unspecified atom stereocenters. The fourth-order valence-electron chi connectivity index (χ4n) is 3.82. The number of hydrogen-bond acceptors (Lipinski definition) is 4. The second-order valence-electron chi connectivity index (χ2n) is 6.67. The summed E-state index contributed by atoms with van der Waals surface area (Å²) in [6.45, 7) is 5.59. The number of aromatic nitrogens is 4. The fraction of sp³-hybridized carbons (Fsp3) is 0.688. The first-order valence-electron chi connectivity index (χ1n) is 8.46. The van der Waals surface area contributed by atoms with E-state index in [1.54, 1.807) is 0 Å². The van der Waals surface area contributed by atoms with Crippen LogP contribution in [0.25, 0.3) is 11.5 Å². The molecule has 0 aromatic carbocycles. The number of hydrogen-bond donors (Lipinski definition) is 1. The predicted molar refractivity (Wildman–Crippen MR) is 85.5 cm³/mol. The maximum absolute atomic E-state index is 12.8. The van der Waals surface area contributed by atoms with Crippen LogP contribution >= 0.6 is 0 Å². The zero-order valence-corrected chi connectivity index (χ0v) is 13.3. The topological polar surface area (TPSA) is 64.7 Å². The smallest absolute Gasteiger partial charge is 0.331 e. The summed E-state index contributed by atoms with van der Waals surface area (Å²) in [6, 6.07) is 0.264. The Hall–Kier alpha value is -1.85. The molecule has 1 fully saturated rings. The van der Waals surface area contributed by atoms with Crippen molar-refractivity contribution in [3.05, 3.63) is 16.3 Å². The Kier molecular flexibility index (Phi) is 3.20. The van der Waals surface area contributed by atoms with Crippen molar-refractivity contribution in [1.29, 1.82) is 0 Å². The summed E-state index contributed by atoms with van der Waals surface area (Å²) in [5, 5.41) is 3.40. The van der Waals surface area contributed by atoms with E-state index in [2.05, 4.69) is 19.2 Å². The van der Waals surface area contributed by atoms with Crippen LogP contribution in [0.5, 0.6) is 0 Å². The maximum Gasteiger partial charge on any atom is 0.331 e. The van der Waals surface area contributed by atoms with E-state index >= 15 is 0 Å². The van der Waals surface area contributed by atoms with Gasteiger partial charge >= 0.3 is 5.69 Å². The van der Waals surface area contributed by atoms with Crippen LogP contribution in [0, 0.1) is 0 Å². The minimum absolute atomic E-state index is 0.0408. The third kappa shape index (κ3) is 1.96. The van der Waals surface area contributed by atoms with Gasteiger partial charge in [0.25, 0.3) is 0 Å². The Morgan fingerprint density at radius 1 is 1.27 bits per heavy atom. The summed E-state index contributed by atoms with van der Waals surface area (Å²) >= 11 is 0. The number of imidazole rings is 1. The van der Waals surface area contributed by atoms with Crippen molar-refractivity contribution in [2.75, 3.05) is 5.32 Å². The van der Waals surface area contributed by atoms with Crippen LogP contribution in [0.2, 0.25) is 0 Å². The highest BCUT2D eigenvalue weighted by Gasteiger charge is 2.32. The molecule has 0 bridgehead atoms. The largest absolute Gasteiger partial charge is 0.365 e. The van der Waals surface area contributed by atoms with Gasteiger partial charge < -0.3 is 5.32 Å². The average molecular weight is 301 g/mol. The van der Waals surface area contributed by atoms with E-state index in [9.17, 15) is 4.79 Å². The molecule has 0 aromatic rings. The fourth-order valence-corrected chi connectivity index (χ4v) is 3.82. The highest BCUT2D eigenvalue weighted by atomic mass is 16.1. The van der Waals surface area contributed by atoms with Gasteiger partial charge in [0.1, 0.15) is 17.3 Å². The van der Waals surface area contributed by atoms with Crippen LogP contribution in [0.15, 0.2) is 4.79 Å². The van der Waals surface area contributed by atoms with Gasteiger partial charge in [-0.25, -0.2) is 14.8 Å². The molecular formula is C16H23N5O. The van der Waals surface area contributed by atoms with E-state index in [-0.39, 0.29) is 11.7 Å². The molecule has 1 aliphatic carbocycles. The van der Waals surface area contributed by atoms with E-state index in [4.69, 9.17) is 9.97 Å². The normalized spacial score (nSPS) is 21.5. The summed E-state index contributed by atoms with van der Waals surface area (Å²) in [7, 11) is 0. The molecule has 3 heterocycles. The van der Waals surface area contributed by atoms with Crippen molar-refractivity contribution in [3.8, 4) is 11.5 Å². The summed E-state index contributed by atoms with van der Waals surface area (Å²) in [5.74, 6) is 3.03. The van der Waals surface area contributed by atoms with Gasteiger partial charge in [-0.2, -0.15) is 0 Å². The maximum atomic E-state index is 12.8. The van der Waals surface area contributed by atoms with Gasteiger partial charge in [-0.1, -0.05) is 19.8 Å². The van der Waals surface area contributed by atoms with Gasteiger partial charge in [0.2, 0.25) is 0 Å². The van der Waals surface area contributed by atoms with Crippen molar-refractivity contribution in [1.82, 2.24) is 19.1 Å². The first kappa shape index (κ1) is 13.8. The van der Waals surface area contributed by atoms with Gasteiger partial charge in [-0.15, -0.1) is 0 Å². The van der Waals surface area contributed by atoms with Crippen molar-refractivity contribution >= 4 is 5.82 Å². The van der Waals surface area contributed by atoms with Crippen molar-refractivity contribution in [2.24, 2.45) is 0 Å². The lowest BCUT2D eigenvalue weighted by molar-refractivity contribution is 0.571. The molecule has 1 atom stereocenters. The van der Waals surface area contributed by atoms with Crippen LogP contribution in [0.4, 0.5) is 5.82 Å². The first-order valence-corrected chi connectivity index (χ1v) is 8.46. The molecule has 3 aliphatic heterocycles. The first-order chi connectivity index (χ1) is 10.7. The molecule has 118 valence electrons. The Balaban J connectivity index is 1.92. The number of nitrogens with zero attached hydrogens (tertiary/aromatic N) is 4. The molecule has 0 radical (unpaired) electrons. The number of nitrogens with one attached hydrogen (secondary N) is 1. The molecular weight excluding hydrogens is 278 g/mol. The van der Waals surface area contributed by atoms with Crippen LogP contribution in [-0.4, -0.2) is 25.1 Å². The van der Waals surface area contributed by atoms with E-state index in [1.807, 2.05) is 9.13 Å². The van der Waals surface area contributed by atoms with Crippen LogP contribution in [-0.2, 0) is 13.1 Å². The highest BCUT2D eigenvalue weighted by molar-refractivity contribution is 5.69. The van der Waals surface area contributed by atoms with E-state index in [1.165, 1.54) is 25.7 Å². The van der Waals surface area contributed by atoms with E-state index in [0.29, 0.717) is 19.0 Å². The standard InChI is InChI=1S/C16H23N5O/c1-3-8-20-15-12(14-17-10(2)9-21(14)16(20)22)18-13(19-15)11-6-4-5-7-11/h10-11,17H,3-9H2,1-2H3/t10-/m1/s1. The zero-order valence-electron chi connectivity index (χ0n) is 13.3. The number of fused-ring (bicyclic) bond motifs is 3. The van der Waals surface area contributed by atoms with E-state index in [0.717, 1.165) is 29.6 Å². The van der Waals surface area contributed by atoms with Crippen LogP contribution in [0.1, 0.15) is 57.7 Å². The lowest BCUT2D eigenvalue weighted by Crippen LogP contribution is -2.32. The Labute approximate surface area is 129 Å². The molecule has 1 saturated carbocycles. The summed E-state index contributed by atoms with van der Waals surface area (Å²) in [6.07, 6.45) is 5.79. The highest BCUT2D eigenvalue weighted by Crippen LogP contribution is 2.37. The molecule has 0 saturated heterocycles. The monoisotopic (exact) mass is 301 g/mol. The molecule has 22 heavy (non-hydrogen) atoms. The minimum atomic E-state index is 0.0408. The Bertz CT molecular complexity index is 725. The minimum Gasteiger partial charge on any atom is -0.365 e. The molecule has 6 nitrogen and oxygen atoms in total. The third-order valence-electron chi connectivity index (χ3n) is 4.88. The quantitative estimate of drug-likeness (QED) is 0.945. The van der Waals surface area contributed by atoms with Gasteiger partial charge in [0, 0.05) is 25.0 Å². The molecule has 4 aliphatic rings. The lowest BCUT2D eigenvalue weighted by Gasteiger charge is -2.13. The summed E-state index contributed by atoms with van der Waals surface area (Å²) in [4.78, 5) is 22.4. The predicted octanol–water partition coefficient (Wildman–Crippen LogP) is 2.43. The molecule has 0 amide bonds. The summed E-state index contributed by atoms with van der Waals surface area (Å²) in [5.41, 5.74) is 0.915. The van der Waals surface area contributed by atoms with E-state index < -0.39 is 0 Å². The average Bonchev–Trinajstić information content (AvgIpc) is 3.20. The van der Waals surface area contributed by atoms with Crippen molar-refractivity contribution < 1.29 is 0 Å². The molecule has 1 N–H and O–H groups in total. The Morgan fingerprint density at radius 2 is 2.05 bits per heavy atom. The Morgan fingerprint density at radius 3 is 2.77 bits per heavy atom. The van der Waals surface area contributed by atoms with Gasteiger partial charge in [-0.05, 0) is 26.2 Å².